The summed E-state index contributed by atoms with van der Waals surface area (Å²) in [5.74, 6) is 0. The monoisotopic (exact) mass is 227 g/mol. The lowest BCUT2D eigenvalue weighted by Gasteiger charge is -2.08. The van der Waals surface area contributed by atoms with Crippen LogP contribution in [-0.2, 0) is 0 Å². The molecule has 0 N–H and O–H groups in total. The van der Waals surface area contributed by atoms with Crippen LogP contribution >= 0.6 is 23.2 Å². The molecule has 1 heterocycles. The zero-order valence-corrected chi connectivity index (χ0v) is 8.92. The third-order valence-corrected chi connectivity index (χ3v) is 2.50. The van der Waals surface area contributed by atoms with Gasteiger partial charge in [-0.1, -0.05) is 23.7 Å². The van der Waals surface area contributed by atoms with E-state index in [1.54, 1.807) is 10.6 Å². The first kappa shape index (κ1) is 9.49. The summed E-state index contributed by atoms with van der Waals surface area (Å²) in [4.78, 5) is 0. The standard InChI is InChI=1S/C9H7Cl2N3/c1-6-3-2-4-7(10)8(6)14-5-12-13-9(14)11/h2-5H,1H3. The first-order chi connectivity index (χ1) is 6.70. The first-order valence-corrected chi connectivity index (χ1v) is 4.77. The van der Waals surface area contributed by atoms with Crippen molar-refractivity contribution in [2.24, 2.45) is 0 Å². The number of hydrogen-bond donors (Lipinski definition) is 0. The van der Waals surface area contributed by atoms with Crippen LogP contribution in [0.4, 0.5) is 0 Å². The van der Waals surface area contributed by atoms with Crippen molar-refractivity contribution in [2.45, 2.75) is 6.92 Å². The molecule has 0 radical (unpaired) electrons. The Morgan fingerprint density at radius 1 is 1.29 bits per heavy atom. The van der Waals surface area contributed by atoms with Crippen molar-refractivity contribution < 1.29 is 0 Å². The van der Waals surface area contributed by atoms with Gasteiger partial charge in [0.15, 0.2) is 0 Å². The van der Waals surface area contributed by atoms with E-state index in [0.29, 0.717) is 10.3 Å². The highest BCUT2D eigenvalue weighted by Crippen LogP contribution is 2.25. The van der Waals surface area contributed by atoms with Gasteiger partial charge in [-0.25, -0.2) is 0 Å². The third-order valence-electron chi connectivity index (χ3n) is 1.94. The van der Waals surface area contributed by atoms with Gasteiger partial charge in [-0.15, -0.1) is 10.2 Å². The van der Waals surface area contributed by atoms with Crippen LogP contribution in [0, 0.1) is 6.92 Å². The molecule has 0 saturated carbocycles. The van der Waals surface area contributed by atoms with E-state index >= 15 is 0 Å². The highest BCUT2D eigenvalue weighted by Gasteiger charge is 2.09. The van der Waals surface area contributed by atoms with Crippen molar-refractivity contribution in [1.29, 1.82) is 0 Å². The van der Waals surface area contributed by atoms with E-state index in [-0.39, 0.29) is 0 Å². The summed E-state index contributed by atoms with van der Waals surface area (Å²) >= 11 is 11.9. The Kier molecular flexibility index (Phi) is 2.44. The van der Waals surface area contributed by atoms with Gasteiger partial charge in [0, 0.05) is 0 Å². The SMILES string of the molecule is Cc1cccc(Cl)c1-n1cnnc1Cl. The molecule has 2 aromatic rings. The molecule has 72 valence electrons. The van der Waals surface area contributed by atoms with Crippen LogP contribution in [0.15, 0.2) is 24.5 Å². The smallest absolute Gasteiger partial charge is 0.229 e. The molecule has 0 aliphatic carbocycles. The fourth-order valence-corrected chi connectivity index (χ4v) is 1.78. The maximum atomic E-state index is 6.06. The van der Waals surface area contributed by atoms with Gasteiger partial charge >= 0.3 is 0 Å². The zero-order valence-electron chi connectivity index (χ0n) is 7.41. The Hall–Kier alpha value is -1.06. The van der Waals surface area contributed by atoms with Crippen molar-refractivity contribution in [3.05, 3.63) is 40.4 Å². The average Bonchev–Trinajstić information content (AvgIpc) is 2.52. The van der Waals surface area contributed by atoms with Gasteiger partial charge in [0.1, 0.15) is 6.33 Å². The number of aryl methyl sites for hydroxylation is 1. The minimum atomic E-state index is 0.307. The largest absolute Gasteiger partial charge is 0.271 e. The lowest BCUT2D eigenvalue weighted by molar-refractivity contribution is 1.04. The lowest BCUT2D eigenvalue weighted by atomic mass is 10.2. The molecule has 0 atom stereocenters. The van der Waals surface area contributed by atoms with E-state index in [1.165, 1.54) is 6.33 Å². The number of para-hydroxylation sites is 1. The minimum absolute atomic E-state index is 0.307. The van der Waals surface area contributed by atoms with E-state index in [1.807, 2.05) is 19.1 Å². The average molecular weight is 228 g/mol. The van der Waals surface area contributed by atoms with Gasteiger partial charge < -0.3 is 0 Å². The maximum absolute atomic E-state index is 6.06. The Labute approximate surface area is 91.3 Å². The lowest BCUT2D eigenvalue weighted by Crippen LogP contribution is -1.96. The third kappa shape index (κ3) is 1.49. The number of aromatic nitrogens is 3. The molecule has 3 nitrogen and oxygen atoms in total. The van der Waals surface area contributed by atoms with Gasteiger partial charge in [0.05, 0.1) is 10.7 Å². The molecule has 0 bridgehead atoms. The highest BCUT2D eigenvalue weighted by molar-refractivity contribution is 6.33. The van der Waals surface area contributed by atoms with Crippen molar-refractivity contribution in [1.82, 2.24) is 14.8 Å². The molecule has 2 rings (SSSR count). The fourth-order valence-electron chi connectivity index (χ4n) is 1.30. The number of hydrogen-bond acceptors (Lipinski definition) is 2. The zero-order chi connectivity index (χ0) is 10.1. The van der Waals surface area contributed by atoms with Crippen LogP contribution in [0.5, 0.6) is 0 Å². The van der Waals surface area contributed by atoms with Crippen molar-refractivity contribution in [2.75, 3.05) is 0 Å². The summed E-state index contributed by atoms with van der Waals surface area (Å²) in [6.45, 7) is 1.96. The van der Waals surface area contributed by atoms with Crippen molar-refractivity contribution in [3.63, 3.8) is 0 Å². The Balaban J connectivity index is 2.68. The van der Waals surface area contributed by atoms with Crippen LogP contribution in [0.2, 0.25) is 10.3 Å². The predicted molar refractivity (Wildman–Crippen MR) is 56.1 cm³/mol. The normalized spacial score (nSPS) is 10.5. The maximum Gasteiger partial charge on any atom is 0.229 e. The van der Waals surface area contributed by atoms with Gasteiger partial charge in [-0.3, -0.25) is 4.57 Å². The van der Waals surface area contributed by atoms with Crippen LogP contribution in [0.3, 0.4) is 0 Å². The molecule has 0 fully saturated rings. The molecule has 0 aliphatic heterocycles. The molecule has 0 amide bonds. The second kappa shape index (κ2) is 3.59. The highest BCUT2D eigenvalue weighted by atomic mass is 35.5. The molecule has 0 spiro atoms. The molecule has 1 aromatic carbocycles. The molecule has 1 aromatic heterocycles. The second-order valence-electron chi connectivity index (χ2n) is 2.88. The van der Waals surface area contributed by atoms with Gasteiger partial charge in [-0.05, 0) is 30.2 Å². The van der Waals surface area contributed by atoms with Crippen LogP contribution in [0.25, 0.3) is 5.69 Å². The van der Waals surface area contributed by atoms with E-state index in [0.717, 1.165) is 11.3 Å². The van der Waals surface area contributed by atoms with Gasteiger partial charge in [0.2, 0.25) is 5.28 Å². The number of benzene rings is 1. The molecule has 0 unspecified atom stereocenters. The van der Waals surface area contributed by atoms with Gasteiger partial charge in [-0.2, -0.15) is 0 Å². The molecule has 0 saturated heterocycles. The number of nitrogens with zero attached hydrogens (tertiary/aromatic N) is 3. The summed E-state index contributed by atoms with van der Waals surface area (Å²) in [7, 11) is 0. The fraction of sp³-hybridized carbons (Fsp3) is 0.111. The summed E-state index contributed by atoms with van der Waals surface area (Å²) in [6, 6.07) is 5.65. The topological polar surface area (TPSA) is 30.7 Å². The molecule has 14 heavy (non-hydrogen) atoms. The quantitative estimate of drug-likeness (QED) is 0.751. The first-order valence-electron chi connectivity index (χ1n) is 4.01. The van der Waals surface area contributed by atoms with Crippen LogP contribution in [0.1, 0.15) is 5.56 Å². The second-order valence-corrected chi connectivity index (χ2v) is 3.62. The van der Waals surface area contributed by atoms with Crippen molar-refractivity contribution in [3.8, 4) is 5.69 Å². The van der Waals surface area contributed by atoms with Crippen LogP contribution in [-0.4, -0.2) is 14.8 Å². The molecular formula is C9H7Cl2N3. The Morgan fingerprint density at radius 2 is 2.07 bits per heavy atom. The molecule has 0 aliphatic rings. The summed E-state index contributed by atoms with van der Waals surface area (Å²) in [6.07, 6.45) is 1.54. The van der Waals surface area contributed by atoms with E-state index in [4.69, 9.17) is 23.2 Å². The van der Waals surface area contributed by atoms with E-state index in [9.17, 15) is 0 Å². The van der Waals surface area contributed by atoms with Crippen LogP contribution < -0.4 is 0 Å². The Bertz CT molecular complexity index is 445. The number of rotatable bonds is 1. The van der Waals surface area contributed by atoms with Crippen molar-refractivity contribution >= 4 is 23.2 Å². The summed E-state index contributed by atoms with van der Waals surface area (Å²) in [5.41, 5.74) is 1.85. The summed E-state index contributed by atoms with van der Waals surface area (Å²) < 4.78 is 1.65. The predicted octanol–water partition coefficient (Wildman–Crippen LogP) is 2.88. The Morgan fingerprint density at radius 3 is 2.64 bits per heavy atom. The van der Waals surface area contributed by atoms with E-state index < -0.39 is 0 Å². The molecular weight excluding hydrogens is 221 g/mol. The van der Waals surface area contributed by atoms with E-state index in [2.05, 4.69) is 10.2 Å². The minimum Gasteiger partial charge on any atom is -0.271 e. The molecule has 5 heteroatoms. The summed E-state index contributed by atoms with van der Waals surface area (Å²) in [5, 5.41) is 8.34. The van der Waals surface area contributed by atoms with Gasteiger partial charge in [0.25, 0.3) is 0 Å². The number of halogens is 2.